The number of likely N-dealkylation sites (N-methyl/N-ethyl adjacent to an activating group) is 1. The molecule has 1 aromatic heterocycles. The first kappa shape index (κ1) is 18.2. The Bertz CT molecular complexity index is 610. The van der Waals surface area contributed by atoms with Crippen molar-refractivity contribution in [2.24, 2.45) is 0 Å². The van der Waals surface area contributed by atoms with Gasteiger partial charge in [-0.05, 0) is 42.7 Å². The minimum absolute atomic E-state index is 0.225. The fraction of sp³-hybridized carbons (Fsp3) is 0.500. The van der Waals surface area contributed by atoms with Crippen molar-refractivity contribution in [2.75, 3.05) is 33.0 Å². The van der Waals surface area contributed by atoms with Crippen LogP contribution >= 0.6 is 27.7 Å². The monoisotopic (exact) mass is 401 g/mol. The van der Waals surface area contributed by atoms with Crippen molar-refractivity contribution in [3.8, 4) is 5.75 Å². The zero-order valence-electron chi connectivity index (χ0n) is 13.1. The van der Waals surface area contributed by atoms with E-state index in [9.17, 15) is 5.11 Å². The molecule has 2 aromatic rings. The Hall–Kier alpha value is -1.16. The third-order valence-electron chi connectivity index (χ3n) is 2.90. The molecule has 0 radical (unpaired) electrons. The predicted molar refractivity (Wildman–Crippen MR) is 92.7 cm³/mol. The van der Waals surface area contributed by atoms with Gasteiger partial charge in [-0.25, -0.2) is 4.68 Å². The molecule has 2 rings (SSSR count). The number of aliphatic hydroxyl groups excluding tert-OH is 1. The first-order valence-corrected chi connectivity index (χ1v) is 8.92. The van der Waals surface area contributed by atoms with Crippen LogP contribution in [0.15, 0.2) is 33.9 Å². The summed E-state index contributed by atoms with van der Waals surface area (Å²) in [6.45, 7) is 1.79. The van der Waals surface area contributed by atoms with Crippen molar-refractivity contribution in [3.63, 3.8) is 0 Å². The van der Waals surface area contributed by atoms with Crippen LogP contribution < -0.4 is 4.74 Å². The zero-order valence-corrected chi connectivity index (χ0v) is 15.5. The van der Waals surface area contributed by atoms with Crippen LogP contribution in [0, 0.1) is 0 Å². The van der Waals surface area contributed by atoms with Crippen molar-refractivity contribution in [3.05, 3.63) is 28.7 Å². The highest BCUT2D eigenvalue weighted by atomic mass is 79.9. The average Bonchev–Trinajstić information content (AvgIpc) is 2.96. The summed E-state index contributed by atoms with van der Waals surface area (Å²) in [6, 6.07) is 7.53. The second kappa shape index (κ2) is 9.21. The summed E-state index contributed by atoms with van der Waals surface area (Å²) in [6.07, 6.45) is -0.599. The summed E-state index contributed by atoms with van der Waals surface area (Å²) in [5, 5.41) is 22.4. The summed E-state index contributed by atoms with van der Waals surface area (Å²) in [7, 11) is 4.00. The Balaban J connectivity index is 1.76. The molecule has 0 bridgehead atoms. The van der Waals surface area contributed by atoms with Crippen LogP contribution in [0.3, 0.4) is 0 Å². The molecule has 0 aliphatic rings. The van der Waals surface area contributed by atoms with Crippen molar-refractivity contribution in [1.82, 2.24) is 25.1 Å². The zero-order chi connectivity index (χ0) is 16.7. The van der Waals surface area contributed by atoms with Crippen molar-refractivity contribution >= 4 is 27.7 Å². The fourth-order valence-corrected chi connectivity index (χ4v) is 2.89. The van der Waals surface area contributed by atoms with Gasteiger partial charge < -0.3 is 14.7 Å². The maximum absolute atomic E-state index is 10.0. The van der Waals surface area contributed by atoms with Crippen LogP contribution in [-0.4, -0.2) is 69.3 Å². The Morgan fingerprint density at radius 3 is 3.00 bits per heavy atom. The molecule has 1 N–H and O–H groups in total. The van der Waals surface area contributed by atoms with E-state index in [-0.39, 0.29) is 6.61 Å². The quantitative estimate of drug-likeness (QED) is 0.638. The predicted octanol–water partition coefficient (Wildman–Crippen LogP) is 1.53. The van der Waals surface area contributed by atoms with Crippen LogP contribution in [-0.2, 0) is 6.54 Å². The second-order valence-electron chi connectivity index (χ2n) is 5.22. The number of halogens is 1. The summed E-state index contributed by atoms with van der Waals surface area (Å²) < 4.78 is 8.26. The lowest BCUT2D eigenvalue weighted by molar-refractivity contribution is 0.126. The van der Waals surface area contributed by atoms with Crippen LogP contribution in [0.4, 0.5) is 0 Å². The minimum Gasteiger partial charge on any atom is -0.491 e. The maximum atomic E-state index is 10.0. The summed E-state index contributed by atoms with van der Waals surface area (Å²) in [4.78, 5) is 2.07. The molecular weight excluding hydrogens is 382 g/mol. The molecule has 0 fully saturated rings. The number of ether oxygens (including phenoxy) is 1. The van der Waals surface area contributed by atoms with Crippen LogP contribution in [0.1, 0.15) is 0 Å². The number of hydrogen-bond donors (Lipinski definition) is 1. The van der Waals surface area contributed by atoms with Crippen molar-refractivity contribution in [1.29, 1.82) is 0 Å². The Morgan fingerprint density at radius 2 is 2.26 bits per heavy atom. The third kappa shape index (κ3) is 6.46. The first-order chi connectivity index (χ1) is 11.0. The maximum Gasteiger partial charge on any atom is 0.209 e. The molecule has 1 atom stereocenters. The number of benzene rings is 1. The highest BCUT2D eigenvalue weighted by Gasteiger charge is 2.12. The van der Waals surface area contributed by atoms with Crippen molar-refractivity contribution in [2.45, 2.75) is 17.8 Å². The van der Waals surface area contributed by atoms with E-state index in [0.717, 1.165) is 16.8 Å². The summed E-state index contributed by atoms with van der Waals surface area (Å²) in [5.41, 5.74) is 0. The molecule has 0 spiro atoms. The molecule has 23 heavy (non-hydrogen) atoms. The molecule has 0 aliphatic carbocycles. The summed E-state index contributed by atoms with van der Waals surface area (Å²) >= 11 is 4.80. The number of rotatable bonds is 9. The van der Waals surface area contributed by atoms with E-state index in [1.54, 1.807) is 4.68 Å². The van der Waals surface area contributed by atoms with Crippen LogP contribution in [0.2, 0.25) is 0 Å². The number of nitrogens with zero attached hydrogens (tertiary/aromatic N) is 5. The van der Waals surface area contributed by atoms with Gasteiger partial charge in [0.25, 0.3) is 0 Å². The standard InChI is InChI=1S/C14H20BrN5O2S/c1-19(2)6-7-20-14(16-17-18-20)23-10-12(21)9-22-13-5-3-4-11(15)8-13/h3-5,8,12,21H,6-7,9-10H2,1-2H3. The van der Waals surface area contributed by atoms with Crippen LogP contribution in [0.25, 0.3) is 0 Å². The minimum atomic E-state index is -0.599. The van der Waals surface area contributed by atoms with Gasteiger partial charge in [-0.1, -0.05) is 33.8 Å². The van der Waals surface area contributed by atoms with Gasteiger partial charge in [-0.15, -0.1) is 5.10 Å². The van der Waals surface area contributed by atoms with E-state index in [4.69, 9.17) is 4.74 Å². The van der Waals surface area contributed by atoms with E-state index >= 15 is 0 Å². The molecule has 1 aromatic carbocycles. The van der Waals surface area contributed by atoms with Gasteiger partial charge in [0.1, 0.15) is 12.4 Å². The number of thioether (sulfide) groups is 1. The molecule has 0 saturated heterocycles. The third-order valence-corrected chi connectivity index (χ3v) is 4.50. The van der Waals surface area contributed by atoms with Gasteiger partial charge in [-0.3, -0.25) is 0 Å². The van der Waals surface area contributed by atoms with E-state index in [2.05, 4.69) is 36.4 Å². The number of aromatic nitrogens is 4. The second-order valence-corrected chi connectivity index (χ2v) is 7.12. The number of tetrazole rings is 1. The molecule has 126 valence electrons. The number of hydrogen-bond acceptors (Lipinski definition) is 7. The molecule has 1 unspecified atom stereocenters. The molecule has 1 heterocycles. The molecular formula is C14H20BrN5O2S. The van der Waals surface area contributed by atoms with Crippen LogP contribution in [0.5, 0.6) is 5.75 Å². The highest BCUT2D eigenvalue weighted by Crippen LogP contribution is 2.19. The normalized spacial score (nSPS) is 12.6. The Labute approximate surface area is 148 Å². The average molecular weight is 402 g/mol. The largest absolute Gasteiger partial charge is 0.491 e. The van der Waals surface area contributed by atoms with Gasteiger partial charge in [0.2, 0.25) is 5.16 Å². The SMILES string of the molecule is CN(C)CCn1nnnc1SCC(O)COc1cccc(Br)c1. The van der Waals surface area contributed by atoms with Gasteiger partial charge in [0.05, 0.1) is 12.6 Å². The van der Waals surface area contributed by atoms with Gasteiger partial charge in [0, 0.05) is 16.8 Å². The first-order valence-electron chi connectivity index (χ1n) is 7.14. The highest BCUT2D eigenvalue weighted by molar-refractivity contribution is 9.10. The molecule has 0 amide bonds. The molecule has 9 heteroatoms. The van der Waals surface area contributed by atoms with Crippen molar-refractivity contribution < 1.29 is 9.84 Å². The van der Waals surface area contributed by atoms with E-state index < -0.39 is 6.10 Å². The molecule has 0 aliphatic heterocycles. The molecule has 0 saturated carbocycles. The summed E-state index contributed by atoms with van der Waals surface area (Å²) in [5.74, 6) is 1.19. The van der Waals surface area contributed by atoms with Gasteiger partial charge in [0.15, 0.2) is 0 Å². The van der Waals surface area contributed by atoms with E-state index in [1.807, 2.05) is 38.4 Å². The fourth-order valence-electron chi connectivity index (χ4n) is 1.70. The van der Waals surface area contributed by atoms with Gasteiger partial charge >= 0.3 is 0 Å². The lowest BCUT2D eigenvalue weighted by Crippen LogP contribution is -2.21. The molecule has 7 nitrogen and oxygen atoms in total. The van der Waals surface area contributed by atoms with E-state index in [1.165, 1.54) is 11.8 Å². The van der Waals surface area contributed by atoms with Gasteiger partial charge in [-0.2, -0.15) is 0 Å². The Kier molecular flexibility index (Phi) is 7.28. The smallest absolute Gasteiger partial charge is 0.209 e. The lowest BCUT2D eigenvalue weighted by Gasteiger charge is -2.13. The lowest BCUT2D eigenvalue weighted by atomic mass is 10.3. The van der Waals surface area contributed by atoms with E-state index in [0.29, 0.717) is 17.5 Å². The number of aliphatic hydroxyl groups is 1. The topological polar surface area (TPSA) is 76.3 Å². The Morgan fingerprint density at radius 1 is 1.43 bits per heavy atom.